The van der Waals surface area contributed by atoms with E-state index in [0.29, 0.717) is 12.1 Å². The minimum atomic E-state index is -5.09. The number of amides is 1. The number of aromatic nitrogens is 5. The maximum Gasteiger partial charge on any atom is 0.416 e. The second-order valence-electron chi connectivity index (χ2n) is 8.29. The van der Waals surface area contributed by atoms with Crippen LogP contribution in [-0.2, 0) is 12.4 Å². The van der Waals surface area contributed by atoms with Gasteiger partial charge in [-0.05, 0) is 43.9 Å². The van der Waals surface area contributed by atoms with Gasteiger partial charge in [0.15, 0.2) is 5.82 Å². The Balaban J connectivity index is 1.74. The lowest BCUT2D eigenvalue weighted by Gasteiger charge is -2.29. The highest BCUT2D eigenvalue weighted by Crippen LogP contribution is 2.38. The molecule has 3 aromatic rings. The topological polar surface area (TPSA) is 101 Å². The maximum atomic E-state index is 13.4. The Kier molecular flexibility index (Phi) is 6.42. The molecule has 1 fully saturated rings. The Morgan fingerprint density at radius 3 is 2.17 bits per heavy atom. The van der Waals surface area contributed by atoms with Gasteiger partial charge in [-0.2, -0.15) is 41.4 Å². The fraction of sp³-hybridized carbons (Fsp3) is 0.364. The van der Waals surface area contributed by atoms with Gasteiger partial charge < -0.3 is 4.90 Å². The maximum absolute atomic E-state index is 13.4. The van der Waals surface area contributed by atoms with E-state index < -0.39 is 41.0 Å². The fourth-order valence-electron chi connectivity index (χ4n) is 3.56. The van der Waals surface area contributed by atoms with Crippen molar-refractivity contribution in [2.45, 2.75) is 38.2 Å². The van der Waals surface area contributed by atoms with E-state index in [-0.39, 0.29) is 35.9 Å². The summed E-state index contributed by atoms with van der Waals surface area (Å²) in [6.45, 7) is 1.63. The molecule has 1 saturated carbocycles. The summed E-state index contributed by atoms with van der Waals surface area (Å²) in [5, 5.41) is 13.0. The summed E-state index contributed by atoms with van der Waals surface area (Å²) in [6, 6.07) is 1.76. The number of benzene rings is 1. The first-order valence-electron chi connectivity index (χ1n) is 10.6. The molecular weight excluding hydrogens is 492 g/mol. The predicted molar refractivity (Wildman–Crippen MR) is 110 cm³/mol. The number of nitriles is 1. The van der Waals surface area contributed by atoms with Gasteiger partial charge in [0.05, 0.1) is 35.1 Å². The number of hydrogen-bond acceptors (Lipinski definition) is 6. The molecule has 2 heterocycles. The van der Waals surface area contributed by atoms with E-state index in [1.807, 2.05) is 6.07 Å². The van der Waals surface area contributed by atoms with Crippen molar-refractivity contribution in [1.82, 2.24) is 29.6 Å². The average molecular weight is 509 g/mol. The third-order valence-corrected chi connectivity index (χ3v) is 5.62. The highest BCUT2D eigenvalue weighted by molar-refractivity contribution is 5.95. The van der Waals surface area contributed by atoms with Crippen molar-refractivity contribution < 1.29 is 31.1 Å². The first-order valence-corrected chi connectivity index (χ1v) is 10.6. The van der Waals surface area contributed by atoms with Crippen molar-refractivity contribution in [3.63, 3.8) is 0 Å². The van der Waals surface area contributed by atoms with Crippen LogP contribution < -0.4 is 0 Å². The van der Waals surface area contributed by atoms with Crippen LogP contribution in [0.25, 0.3) is 5.95 Å². The summed E-state index contributed by atoms with van der Waals surface area (Å²) in [5.41, 5.74) is -3.71. The van der Waals surface area contributed by atoms with Crippen LogP contribution in [0.2, 0.25) is 0 Å². The monoisotopic (exact) mass is 509 g/mol. The number of halogens is 6. The van der Waals surface area contributed by atoms with Crippen molar-refractivity contribution in [3.05, 3.63) is 65.0 Å². The van der Waals surface area contributed by atoms with Crippen LogP contribution in [0.3, 0.4) is 0 Å². The summed E-state index contributed by atoms with van der Waals surface area (Å²) in [7, 11) is 0. The van der Waals surface area contributed by atoms with Gasteiger partial charge in [0, 0.05) is 12.1 Å². The van der Waals surface area contributed by atoms with E-state index in [0.717, 1.165) is 19.2 Å². The number of alkyl halides is 6. The van der Waals surface area contributed by atoms with Crippen molar-refractivity contribution in [2.24, 2.45) is 5.92 Å². The van der Waals surface area contributed by atoms with E-state index in [1.54, 1.807) is 0 Å². The minimum absolute atomic E-state index is 0.0191. The lowest BCUT2D eigenvalue weighted by molar-refractivity contribution is -0.143. The fourth-order valence-corrected chi connectivity index (χ4v) is 3.56. The molecule has 4 rings (SSSR count). The van der Waals surface area contributed by atoms with Gasteiger partial charge >= 0.3 is 12.4 Å². The molecule has 0 saturated heterocycles. The van der Waals surface area contributed by atoms with Crippen molar-refractivity contribution in [2.75, 3.05) is 6.54 Å². The minimum Gasteiger partial charge on any atom is -0.328 e. The second-order valence-corrected chi connectivity index (χ2v) is 8.29. The standard InChI is InChI=1S/C22H17F6N7O/c1-12(18-32-11-33-35(18)20-30-8-14(7-29)9-31-20)34(10-13-2-3-13)19(36)15-4-16(21(23,24)25)6-17(5-15)22(26,27)28/h4-6,8-9,11-13H,2-3,10H2,1H3. The molecule has 8 nitrogen and oxygen atoms in total. The molecule has 14 heteroatoms. The van der Waals surface area contributed by atoms with Crippen LogP contribution in [0.1, 0.15) is 58.7 Å². The highest BCUT2D eigenvalue weighted by atomic mass is 19.4. The average Bonchev–Trinajstić information content (AvgIpc) is 3.52. The molecule has 1 amide bonds. The van der Waals surface area contributed by atoms with E-state index in [2.05, 4.69) is 20.1 Å². The number of rotatable bonds is 6. The zero-order valence-electron chi connectivity index (χ0n) is 18.5. The Bertz CT molecular complexity index is 1270. The Morgan fingerprint density at radius 2 is 1.67 bits per heavy atom. The SMILES string of the molecule is CC(c1ncnn1-c1ncc(C#N)cn1)N(CC1CC1)C(=O)c1cc(C(F)(F)F)cc(C(F)(F)F)c1. The number of hydrogen-bond donors (Lipinski definition) is 0. The van der Waals surface area contributed by atoms with Crippen LogP contribution in [0, 0.1) is 17.2 Å². The number of carbonyl (C=O) groups excluding carboxylic acids is 1. The van der Waals surface area contributed by atoms with Gasteiger partial charge in [-0.1, -0.05) is 0 Å². The second kappa shape index (κ2) is 9.21. The van der Waals surface area contributed by atoms with Crippen molar-refractivity contribution in [3.8, 4) is 12.0 Å². The zero-order valence-corrected chi connectivity index (χ0v) is 18.5. The van der Waals surface area contributed by atoms with Gasteiger partial charge in [0.1, 0.15) is 12.4 Å². The van der Waals surface area contributed by atoms with Crippen LogP contribution in [0.15, 0.2) is 36.9 Å². The van der Waals surface area contributed by atoms with E-state index in [1.165, 1.54) is 28.9 Å². The molecule has 1 unspecified atom stereocenters. The molecule has 1 aliphatic rings. The smallest absolute Gasteiger partial charge is 0.328 e. The number of nitrogens with zero attached hydrogens (tertiary/aromatic N) is 7. The van der Waals surface area contributed by atoms with Gasteiger partial charge in [0.25, 0.3) is 11.9 Å². The third-order valence-electron chi connectivity index (χ3n) is 5.62. The van der Waals surface area contributed by atoms with Crippen LogP contribution in [0.4, 0.5) is 26.3 Å². The largest absolute Gasteiger partial charge is 0.416 e. The van der Waals surface area contributed by atoms with Gasteiger partial charge in [-0.3, -0.25) is 4.79 Å². The summed E-state index contributed by atoms with van der Waals surface area (Å²) in [5.74, 6) is -0.810. The zero-order chi connectivity index (χ0) is 26.3. The molecule has 1 aromatic carbocycles. The Hall–Kier alpha value is -4.02. The Labute approximate surface area is 200 Å². The molecular formula is C22H17F6N7O. The molecule has 0 N–H and O–H groups in total. The van der Waals surface area contributed by atoms with Gasteiger partial charge in [0.2, 0.25) is 0 Å². The number of carbonyl (C=O) groups is 1. The first kappa shape index (κ1) is 25.1. The first-order chi connectivity index (χ1) is 16.9. The normalized spacial score (nSPS) is 14.8. The lowest BCUT2D eigenvalue weighted by Crippen LogP contribution is -2.37. The van der Waals surface area contributed by atoms with Gasteiger partial charge in [-0.25, -0.2) is 15.0 Å². The van der Waals surface area contributed by atoms with E-state index in [4.69, 9.17) is 5.26 Å². The summed E-state index contributed by atoms with van der Waals surface area (Å²) >= 11 is 0. The lowest BCUT2D eigenvalue weighted by atomic mass is 10.0. The molecule has 188 valence electrons. The molecule has 36 heavy (non-hydrogen) atoms. The molecule has 1 atom stereocenters. The van der Waals surface area contributed by atoms with Crippen LogP contribution in [0.5, 0.6) is 0 Å². The molecule has 0 aliphatic heterocycles. The molecule has 0 bridgehead atoms. The van der Waals surface area contributed by atoms with E-state index in [9.17, 15) is 31.1 Å². The highest BCUT2D eigenvalue weighted by Gasteiger charge is 2.39. The summed E-state index contributed by atoms with van der Waals surface area (Å²) < 4.78 is 81.3. The predicted octanol–water partition coefficient (Wildman–Crippen LogP) is 4.58. The van der Waals surface area contributed by atoms with Gasteiger partial charge in [-0.15, -0.1) is 0 Å². The van der Waals surface area contributed by atoms with E-state index >= 15 is 0 Å². The quantitative estimate of drug-likeness (QED) is 0.451. The Morgan fingerprint density at radius 1 is 1.08 bits per heavy atom. The molecule has 0 spiro atoms. The van der Waals surface area contributed by atoms with Crippen LogP contribution in [-0.4, -0.2) is 42.1 Å². The van der Waals surface area contributed by atoms with Crippen molar-refractivity contribution in [1.29, 1.82) is 5.26 Å². The van der Waals surface area contributed by atoms with Crippen molar-refractivity contribution >= 4 is 5.91 Å². The summed E-state index contributed by atoms with van der Waals surface area (Å²) in [4.78, 5) is 26.7. The molecule has 0 radical (unpaired) electrons. The summed E-state index contributed by atoms with van der Waals surface area (Å²) in [6.07, 6.45) is -5.01. The molecule has 2 aromatic heterocycles. The third kappa shape index (κ3) is 5.29. The molecule has 1 aliphatic carbocycles. The van der Waals surface area contributed by atoms with Crippen LogP contribution >= 0.6 is 0 Å².